The molecule has 0 aliphatic carbocycles. The van der Waals surface area contributed by atoms with Crippen molar-refractivity contribution in [1.82, 2.24) is 16.0 Å². The molecule has 98 heavy (non-hydrogen) atoms. The van der Waals surface area contributed by atoms with Gasteiger partial charge in [0.25, 0.3) is 0 Å². The predicted molar refractivity (Wildman–Crippen MR) is 299 cm³/mol. The maximum absolute atomic E-state index is 12.8. The highest BCUT2D eigenvalue weighted by Gasteiger charge is 2.59. The zero-order valence-corrected chi connectivity index (χ0v) is 52.4. The van der Waals surface area contributed by atoms with Gasteiger partial charge in [-0.2, -0.15) is 0 Å². The Morgan fingerprint density at radius 1 is 0.265 bits per heavy atom. The zero-order chi connectivity index (χ0) is 72.2. The molecule has 40 atom stereocenters. The average Bonchev–Trinajstić information content (AvgIpc) is 0.784. The number of hydrogen-bond donors (Lipinski definition) is 26. The first kappa shape index (κ1) is 80.6. The van der Waals surface area contributed by atoms with E-state index in [1.807, 2.05) is 0 Å². The van der Waals surface area contributed by atoms with Crippen LogP contribution in [0.25, 0.3) is 0 Å². The van der Waals surface area contributed by atoms with Crippen molar-refractivity contribution in [3.05, 3.63) is 0 Å². The first-order valence-corrected chi connectivity index (χ1v) is 31.1. The van der Waals surface area contributed by atoms with Gasteiger partial charge in [0, 0.05) is 20.8 Å². The Bertz CT molecular complexity index is 2510. The second kappa shape index (κ2) is 35.1. The molecule has 0 unspecified atom stereocenters. The third-order valence-electron chi connectivity index (χ3n) is 17.8. The van der Waals surface area contributed by atoms with Crippen LogP contribution in [-0.4, -0.2) is 433 Å². The van der Waals surface area contributed by atoms with Gasteiger partial charge in [-0.25, -0.2) is 0 Å². The molecule has 0 bridgehead atoms. The van der Waals surface area contributed by atoms with Crippen molar-refractivity contribution in [3.8, 4) is 0 Å². The molecule has 8 rings (SSSR count). The van der Waals surface area contributed by atoms with Gasteiger partial charge >= 0.3 is 0 Å². The maximum atomic E-state index is 12.8. The molecule has 0 aromatic carbocycles. The number of aliphatic hydroxyl groups is 23. The maximum Gasteiger partial charge on any atom is 0.217 e. The van der Waals surface area contributed by atoms with Crippen molar-refractivity contribution in [2.24, 2.45) is 0 Å². The molecule has 0 aromatic rings. The van der Waals surface area contributed by atoms with E-state index < -0.39 is 316 Å². The van der Waals surface area contributed by atoms with E-state index in [0.29, 0.717) is 0 Å². The molecule has 26 N–H and O–H groups in total. The van der Waals surface area contributed by atoms with Crippen LogP contribution >= 0.6 is 0 Å². The van der Waals surface area contributed by atoms with Crippen LogP contribution in [-0.2, 0) is 85.4 Å². The molecule has 0 spiro atoms. The van der Waals surface area contributed by atoms with E-state index >= 15 is 0 Å². The van der Waals surface area contributed by atoms with Crippen molar-refractivity contribution in [2.75, 3.05) is 52.9 Å². The molecule has 568 valence electrons. The van der Waals surface area contributed by atoms with Crippen LogP contribution in [0, 0.1) is 0 Å². The number of hydrogen-bond acceptors (Lipinski definition) is 41. The Labute approximate surface area is 554 Å². The molecule has 0 radical (unpaired) electrons. The van der Waals surface area contributed by atoms with Gasteiger partial charge in [-0.3, -0.25) is 14.4 Å². The lowest BCUT2D eigenvalue weighted by molar-refractivity contribution is -0.384. The molecule has 8 heterocycles. The number of ether oxygens (including phenoxy) is 15. The summed E-state index contributed by atoms with van der Waals surface area (Å²) in [6.45, 7) is -4.97. The SMILES string of the molecule is CC(=O)N[C@H]1[C@H](OC[C@H]2O[C@H](OC[C@H]3O[C@@H](O)[C@@H](O)[C@@H](O[C@H]4O[C@H](CO)[C@@H](O[C@@H]5O[C@H](CO)[C@@H](O)[C@H](O)[C@H]5NC(C)=O)[C@H](O)[C@@H]4O)[C@@H]3O)[C@@H](O[C@@H]3O[C@H](CO)[C@@H](O[C@@H]4O[C@H](CO)[C@H](O)[C@H](O)[C@H]4O)[C@H](O)[C@H]3NC(C)=O)[C@@H](O)[C@@H]2O)O[C@H](CO)[C@@H](O[C@@H]2O[C@H](CO)[C@H](O)[C@H](O)[C@H]2O)[C@@H]1O. The summed E-state index contributed by atoms with van der Waals surface area (Å²) in [6, 6.07) is -5.20. The standard InChI is InChI=1S/C54H91N3O41/c1-12(64)55-23-31(72)26(67)15(4-58)87-49(23)94-44-20(9-63)92-53(40(81)37(44)78)97-45-30(71)22(86-47(83)41(45)82)11-85-54-46(98-50-25(57-14(3)66)33(74)43(19(8-62)91-50)96-52-39(80)35(76)28(69)17(6-60)89-52)36(77)29(70)21(93-54)10-84-48-24(56-13(2)65)32(73)42(18(7-61)90-48)95-51-38(79)34(75)27(68)16(5-59)88-51/h15-54,58-63,67-83H,4-11H2,1-3H3,(H,55,64)(H,56,65)(H,57,66)/t15-,16-,17-,18-,19-,20-,21-,22-,23-,24-,25-,26-,27+,28+,29-,30-,31-,32-,33-,34+,35+,36+,37-,38-,39-,40+,41+,42-,43-,44-,45+,46+,47-,48-,49+,50+,51+,52+,53-,54+/m1/s1. The number of carbonyl (C=O) groups excluding carboxylic acids is 3. The minimum atomic E-state index is -2.35. The lowest BCUT2D eigenvalue weighted by Gasteiger charge is -2.50. The molecule has 8 fully saturated rings. The monoisotopic (exact) mass is 1440 g/mol. The van der Waals surface area contributed by atoms with Crippen LogP contribution in [0.1, 0.15) is 20.8 Å². The van der Waals surface area contributed by atoms with Crippen molar-refractivity contribution >= 4 is 17.7 Å². The molecule has 44 nitrogen and oxygen atoms in total. The summed E-state index contributed by atoms with van der Waals surface area (Å²) in [7, 11) is 0. The molecule has 8 aliphatic rings. The summed E-state index contributed by atoms with van der Waals surface area (Å²) in [5.74, 6) is -2.53. The normalized spacial score (nSPS) is 49.5. The van der Waals surface area contributed by atoms with Crippen LogP contribution in [0.4, 0.5) is 0 Å². The third-order valence-corrected chi connectivity index (χ3v) is 17.8. The Kier molecular flexibility index (Phi) is 28.9. The lowest BCUT2D eigenvalue weighted by atomic mass is 9.94. The number of nitrogens with one attached hydrogen (secondary N) is 3. The zero-order valence-electron chi connectivity index (χ0n) is 52.4. The number of carbonyl (C=O) groups is 3. The molecular weight excluding hydrogens is 1350 g/mol. The first-order chi connectivity index (χ1) is 46.3. The van der Waals surface area contributed by atoms with Crippen molar-refractivity contribution in [1.29, 1.82) is 0 Å². The second-order valence-electron chi connectivity index (χ2n) is 24.7. The van der Waals surface area contributed by atoms with E-state index in [1.54, 1.807) is 0 Å². The van der Waals surface area contributed by atoms with E-state index in [9.17, 15) is 132 Å². The smallest absolute Gasteiger partial charge is 0.217 e. The summed E-state index contributed by atoms with van der Waals surface area (Å²) < 4.78 is 86.7. The Balaban J connectivity index is 1.04. The number of amides is 3. The van der Waals surface area contributed by atoms with Gasteiger partial charge in [0.05, 0.1) is 52.9 Å². The minimum absolute atomic E-state index is 0.767. The molecule has 8 saturated heterocycles. The third kappa shape index (κ3) is 17.6. The highest BCUT2D eigenvalue weighted by molar-refractivity contribution is 5.74. The van der Waals surface area contributed by atoms with Gasteiger partial charge in [-0.1, -0.05) is 0 Å². The number of aliphatic hydroxyl groups excluding tert-OH is 23. The topological polar surface area (TPSA) is 691 Å². The quantitative estimate of drug-likeness (QED) is 0.0404. The van der Waals surface area contributed by atoms with Crippen molar-refractivity contribution in [3.63, 3.8) is 0 Å². The van der Waals surface area contributed by atoms with Gasteiger partial charge in [0.1, 0.15) is 195 Å². The van der Waals surface area contributed by atoms with Crippen molar-refractivity contribution in [2.45, 2.75) is 266 Å². The molecule has 0 saturated carbocycles. The van der Waals surface area contributed by atoms with E-state index in [2.05, 4.69) is 16.0 Å². The van der Waals surface area contributed by atoms with Crippen LogP contribution in [0.3, 0.4) is 0 Å². The summed E-state index contributed by atoms with van der Waals surface area (Å²) >= 11 is 0. The van der Waals surface area contributed by atoms with Crippen molar-refractivity contribution < 1.29 is 203 Å². The van der Waals surface area contributed by atoms with E-state index in [4.69, 9.17) is 71.1 Å². The van der Waals surface area contributed by atoms with Crippen LogP contribution in [0.2, 0.25) is 0 Å². The predicted octanol–water partition coefficient (Wildman–Crippen LogP) is -18.0. The molecule has 0 aromatic heterocycles. The highest BCUT2D eigenvalue weighted by atomic mass is 16.8. The van der Waals surface area contributed by atoms with E-state index in [-0.39, 0.29) is 0 Å². The molecule has 3 amide bonds. The lowest BCUT2D eigenvalue weighted by Crippen LogP contribution is -2.69. The van der Waals surface area contributed by atoms with Crippen LogP contribution in [0.15, 0.2) is 0 Å². The summed E-state index contributed by atoms with van der Waals surface area (Å²) in [5, 5.41) is 257. The van der Waals surface area contributed by atoms with Gasteiger partial charge in [0.15, 0.2) is 50.3 Å². The molecule has 8 aliphatic heterocycles. The van der Waals surface area contributed by atoms with Crippen LogP contribution in [0.5, 0.6) is 0 Å². The second-order valence-corrected chi connectivity index (χ2v) is 24.7. The molecule has 44 heteroatoms. The van der Waals surface area contributed by atoms with Gasteiger partial charge in [-0.05, 0) is 0 Å². The minimum Gasteiger partial charge on any atom is -0.394 e. The van der Waals surface area contributed by atoms with Gasteiger partial charge < -0.3 is 204 Å². The van der Waals surface area contributed by atoms with Gasteiger partial charge in [0.2, 0.25) is 17.7 Å². The van der Waals surface area contributed by atoms with Gasteiger partial charge in [-0.15, -0.1) is 0 Å². The highest BCUT2D eigenvalue weighted by Crippen LogP contribution is 2.38. The Morgan fingerprint density at radius 2 is 0.551 bits per heavy atom. The average molecular weight is 1440 g/mol. The first-order valence-electron chi connectivity index (χ1n) is 31.1. The fourth-order valence-corrected chi connectivity index (χ4v) is 12.5. The van der Waals surface area contributed by atoms with E-state index in [1.165, 1.54) is 0 Å². The van der Waals surface area contributed by atoms with Crippen LogP contribution < -0.4 is 16.0 Å². The molecular formula is C54H91N3O41. The summed E-state index contributed by atoms with van der Waals surface area (Å²) in [5.41, 5.74) is 0. The number of rotatable bonds is 25. The largest absolute Gasteiger partial charge is 0.394 e. The fraction of sp³-hybridized carbons (Fsp3) is 0.944. The Morgan fingerprint density at radius 3 is 0.990 bits per heavy atom. The summed E-state index contributed by atoms with van der Waals surface area (Å²) in [6.07, 6.45) is -73.0. The Hall–Kier alpha value is -3.11. The summed E-state index contributed by atoms with van der Waals surface area (Å²) in [4.78, 5) is 37.5. The fourth-order valence-electron chi connectivity index (χ4n) is 12.5. The van der Waals surface area contributed by atoms with E-state index in [0.717, 1.165) is 20.8 Å².